The Hall–Kier alpha value is -3.54. The summed E-state index contributed by atoms with van der Waals surface area (Å²) in [5.41, 5.74) is 6.33. The van der Waals surface area contributed by atoms with Gasteiger partial charge in [0.05, 0.1) is 18.9 Å². The summed E-state index contributed by atoms with van der Waals surface area (Å²) in [6.07, 6.45) is 3.74. The van der Waals surface area contributed by atoms with Gasteiger partial charge in [0, 0.05) is 38.9 Å². The average molecular weight is 458 g/mol. The number of fused-ring (bicyclic) bond motifs is 1. The topological polar surface area (TPSA) is 159 Å². The van der Waals surface area contributed by atoms with E-state index in [1.54, 1.807) is 29.2 Å². The number of allylic oxidation sites excluding steroid dienone is 2. The number of rotatable bonds is 6. The van der Waals surface area contributed by atoms with E-state index < -0.39 is 5.78 Å². The molecule has 2 aromatic heterocycles. The highest BCUT2D eigenvalue weighted by Gasteiger charge is 2.31. The van der Waals surface area contributed by atoms with Crippen molar-refractivity contribution in [2.45, 2.75) is 6.42 Å². The van der Waals surface area contributed by atoms with Gasteiger partial charge in [0.15, 0.2) is 5.76 Å². The van der Waals surface area contributed by atoms with Crippen LogP contribution < -0.4 is 16.9 Å². The van der Waals surface area contributed by atoms with Crippen molar-refractivity contribution in [3.05, 3.63) is 65.1 Å². The predicted octanol–water partition coefficient (Wildman–Crippen LogP) is -0.549. The van der Waals surface area contributed by atoms with Gasteiger partial charge in [-0.2, -0.15) is 0 Å². The van der Waals surface area contributed by atoms with Gasteiger partial charge in [0.2, 0.25) is 11.6 Å². The molecule has 2 aliphatic rings. The first kappa shape index (κ1) is 24.1. The van der Waals surface area contributed by atoms with E-state index in [1.807, 2.05) is 0 Å². The van der Waals surface area contributed by atoms with Crippen LogP contribution >= 0.6 is 0 Å². The number of nitrogens with zero attached hydrogens (tertiary/aromatic N) is 3. The molecule has 6 N–H and O–H groups in total. The van der Waals surface area contributed by atoms with Crippen molar-refractivity contribution in [3.8, 4) is 0 Å². The van der Waals surface area contributed by atoms with E-state index in [9.17, 15) is 14.4 Å². The number of pyridine rings is 1. The molecule has 0 atom stereocenters. The molecule has 2 aromatic rings. The standard InChI is InChI=1S/C21H23N5O4.CH6NO/c22-16-18(19(27)14-4-1-6-23-17(14)20(16)28)24-7-3-8-25-9-11-26(12-10-25)21(29)15-5-2-13-30-15;1-3-2/h1-2,4-6,13,24H,3,7-12,22H2;1-2H3/q;+1. The van der Waals surface area contributed by atoms with Gasteiger partial charge in [-0.3, -0.25) is 24.3 Å². The van der Waals surface area contributed by atoms with Gasteiger partial charge in [0.1, 0.15) is 17.1 Å². The van der Waals surface area contributed by atoms with Gasteiger partial charge in [-0.15, -0.1) is 0 Å². The molecule has 0 aromatic carbocycles. The summed E-state index contributed by atoms with van der Waals surface area (Å²) in [6, 6.07) is 6.59. The fraction of sp³-hybridized carbons (Fsp3) is 0.364. The summed E-state index contributed by atoms with van der Waals surface area (Å²) in [4.78, 5) is 49.3. The van der Waals surface area contributed by atoms with Gasteiger partial charge in [-0.25, -0.2) is 10.7 Å². The Bertz CT molecular complexity index is 1010. The number of ketones is 2. The third kappa shape index (κ3) is 5.64. The predicted molar refractivity (Wildman–Crippen MR) is 118 cm³/mol. The molecule has 0 bridgehead atoms. The van der Waals surface area contributed by atoms with Crippen molar-refractivity contribution in [1.29, 1.82) is 0 Å². The molecule has 0 radical (unpaired) electrons. The van der Waals surface area contributed by atoms with Crippen LogP contribution in [0.4, 0.5) is 0 Å². The number of hydrogen-bond donors (Lipinski definition) is 3. The Morgan fingerprint density at radius 1 is 1.21 bits per heavy atom. The first-order valence-electron chi connectivity index (χ1n) is 10.6. The SMILES string of the molecule is CO[NH3+].NC1=C(NCCCN2CCN(C(=O)c3ccco3)CC2)C(=O)c2cccnc2C1=O. The molecule has 4 rings (SSSR count). The second kappa shape index (κ2) is 11.4. The molecule has 0 saturated carbocycles. The Balaban J connectivity index is 0.000000968. The van der Waals surface area contributed by atoms with Crippen LogP contribution in [-0.4, -0.2) is 78.6 Å². The Morgan fingerprint density at radius 3 is 2.61 bits per heavy atom. The van der Waals surface area contributed by atoms with E-state index >= 15 is 0 Å². The normalized spacial score (nSPS) is 16.2. The van der Waals surface area contributed by atoms with E-state index in [-0.39, 0.29) is 34.3 Å². The van der Waals surface area contributed by atoms with Crippen molar-refractivity contribution < 1.29 is 29.5 Å². The quantitative estimate of drug-likeness (QED) is 0.382. The van der Waals surface area contributed by atoms with Crippen molar-refractivity contribution in [2.75, 3.05) is 46.4 Å². The number of quaternary nitrogens is 1. The van der Waals surface area contributed by atoms with Gasteiger partial charge in [-0.05, 0) is 37.2 Å². The summed E-state index contributed by atoms with van der Waals surface area (Å²) >= 11 is 0. The molecular weight excluding hydrogens is 428 g/mol. The number of hydrogen-bond acceptors (Lipinski definition) is 9. The van der Waals surface area contributed by atoms with Crippen LogP contribution in [0.2, 0.25) is 0 Å². The zero-order valence-electron chi connectivity index (χ0n) is 18.6. The van der Waals surface area contributed by atoms with Crippen molar-refractivity contribution in [2.24, 2.45) is 5.73 Å². The van der Waals surface area contributed by atoms with Gasteiger partial charge >= 0.3 is 0 Å². The first-order chi connectivity index (χ1) is 16.0. The van der Waals surface area contributed by atoms with Crippen molar-refractivity contribution in [1.82, 2.24) is 20.1 Å². The highest BCUT2D eigenvalue weighted by atomic mass is 16.6. The molecule has 1 saturated heterocycles. The summed E-state index contributed by atoms with van der Waals surface area (Å²) in [5, 5.41) is 3.03. The number of nitrogens with one attached hydrogen (secondary N) is 1. The fourth-order valence-corrected chi connectivity index (χ4v) is 3.69. The third-order valence-electron chi connectivity index (χ3n) is 5.35. The fourth-order valence-electron chi connectivity index (χ4n) is 3.69. The minimum atomic E-state index is -0.426. The monoisotopic (exact) mass is 457 g/mol. The zero-order valence-corrected chi connectivity index (χ0v) is 18.6. The van der Waals surface area contributed by atoms with E-state index in [0.717, 1.165) is 26.1 Å². The average Bonchev–Trinajstić information content (AvgIpc) is 3.38. The summed E-state index contributed by atoms with van der Waals surface area (Å²) < 4.78 is 5.18. The third-order valence-corrected chi connectivity index (χ3v) is 5.35. The van der Waals surface area contributed by atoms with Crippen LogP contribution in [0.15, 0.2) is 52.5 Å². The highest BCUT2D eigenvalue weighted by Crippen LogP contribution is 2.20. The van der Waals surface area contributed by atoms with E-state index in [4.69, 9.17) is 10.2 Å². The van der Waals surface area contributed by atoms with E-state index in [1.165, 1.54) is 19.6 Å². The molecular formula is C22H29N6O5+. The van der Waals surface area contributed by atoms with E-state index in [2.05, 4.69) is 25.9 Å². The maximum absolute atomic E-state index is 12.6. The summed E-state index contributed by atoms with van der Waals surface area (Å²) in [6.45, 7) is 4.14. The maximum atomic E-state index is 12.6. The number of amides is 1. The molecule has 1 aliphatic carbocycles. The minimum absolute atomic E-state index is 0.0843. The zero-order chi connectivity index (χ0) is 23.8. The largest absolute Gasteiger partial charge is 0.459 e. The van der Waals surface area contributed by atoms with Gasteiger partial charge in [0.25, 0.3) is 5.91 Å². The second-order valence-electron chi connectivity index (χ2n) is 7.53. The summed E-state index contributed by atoms with van der Waals surface area (Å²) in [7, 11) is 1.51. The van der Waals surface area contributed by atoms with Crippen molar-refractivity contribution >= 4 is 17.5 Å². The van der Waals surface area contributed by atoms with Crippen LogP contribution in [0.25, 0.3) is 0 Å². The lowest BCUT2D eigenvalue weighted by Gasteiger charge is -2.34. The lowest BCUT2D eigenvalue weighted by molar-refractivity contribution is -0.679. The molecule has 11 nitrogen and oxygen atoms in total. The lowest BCUT2D eigenvalue weighted by Crippen LogP contribution is -2.49. The van der Waals surface area contributed by atoms with Crippen LogP contribution in [0.1, 0.15) is 37.8 Å². The van der Waals surface area contributed by atoms with Crippen molar-refractivity contribution in [3.63, 3.8) is 0 Å². The summed E-state index contributed by atoms with van der Waals surface area (Å²) in [5.74, 6) is 2.53. The first-order valence-corrected chi connectivity index (χ1v) is 10.6. The Morgan fingerprint density at radius 2 is 1.94 bits per heavy atom. The molecule has 0 spiro atoms. The minimum Gasteiger partial charge on any atom is -0.459 e. The number of carbonyl (C=O) groups excluding carboxylic acids is 3. The van der Waals surface area contributed by atoms with Crippen LogP contribution in [0.3, 0.4) is 0 Å². The Labute approximate surface area is 191 Å². The number of aromatic nitrogens is 1. The second-order valence-corrected chi connectivity index (χ2v) is 7.53. The van der Waals surface area contributed by atoms with Gasteiger partial charge < -0.3 is 20.4 Å². The van der Waals surface area contributed by atoms with E-state index in [0.29, 0.717) is 25.4 Å². The van der Waals surface area contributed by atoms with Gasteiger partial charge in [-0.1, -0.05) is 0 Å². The molecule has 3 heterocycles. The van der Waals surface area contributed by atoms with Crippen LogP contribution in [0.5, 0.6) is 0 Å². The molecule has 1 aliphatic heterocycles. The smallest absolute Gasteiger partial charge is 0.289 e. The molecule has 0 unspecified atom stereocenters. The van der Waals surface area contributed by atoms with Crippen LogP contribution in [-0.2, 0) is 4.84 Å². The maximum Gasteiger partial charge on any atom is 0.289 e. The Kier molecular flexibility index (Phi) is 8.30. The number of nitrogens with two attached hydrogens (primary N) is 1. The molecule has 33 heavy (non-hydrogen) atoms. The number of furan rings is 1. The van der Waals surface area contributed by atoms with Crippen LogP contribution in [0, 0.1) is 0 Å². The highest BCUT2D eigenvalue weighted by molar-refractivity contribution is 6.25. The lowest BCUT2D eigenvalue weighted by atomic mass is 9.94. The molecule has 1 amide bonds. The molecule has 176 valence electrons. The number of piperazine rings is 1. The molecule has 1 fully saturated rings. The number of carbonyl (C=O) groups is 3. The molecule has 11 heteroatoms. The number of Topliss-reactive ketones (excluding diaryl/α,β-unsaturated/α-hetero) is 2.